The molecule has 0 aliphatic rings. The number of aromatic nitrogens is 3. The summed E-state index contributed by atoms with van der Waals surface area (Å²) in [5.74, 6) is -0.316. The van der Waals surface area contributed by atoms with E-state index in [9.17, 15) is 9.59 Å². The van der Waals surface area contributed by atoms with Crippen LogP contribution >= 0.6 is 11.3 Å². The van der Waals surface area contributed by atoms with Gasteiger partial charge in [0.25, 0.3) is 5.91 Å². The summed E-state index contributed by atoms with van der Waals surface area (Å²) in [6.45, 7) is 13.9. The third-order valence-electron chi connectivity index (χ3n) is 5.81. The van der Waals surface area contributed by atoms with Crippen LogP contribution in [0.3, 0.4) is 0 Å². The monoisotopic (exact) mass is 536 g/mol. The molecule has 0 fully saturated rings. The summed E-state index contributed by atoms with van der Waals surface area (Å²) in [6, 6.07) is 5.69. The first-order chi connectivity index (χ1) is 18.1. The Morgan fingerprint density at radius 3 is 2.66 bits per heavy atom. The number of nitrogens with zero attached hydrogens (tertiary/aromatic N) is 5. The van der Waals surface area contributed by atoms with E-state index in [0.717, 1.165) is 10.6 Å². The van der Waals surface area contributed by atoms with Crippen molar-refractivity contribution in [3.05, 3.63) is 65.8 Å². The highest BCUT2D eigenvalue weighted by molar-refractivity contribution is 7.13. The van der Waals surface area contributed by atoms with E-state index in [2.05, 4.69) is 22.0 Å². The van der Waals surface area contributed by atoms with Crippen LogP contribution in [0.5, 0.6) is 0 Å². The largest absolute Gasteiger partial charge is 0.444 e. The normalized spacial score (nSPS) is 13.3. The fraction of sp³-hybridized carbons (Fsp3) is 0.393. The molecule has 1 unspecified atom stereocenters. The second-order valence-corrected chi connectivity index (χ2v) is 10.5. The molecule has 3 rings (SSSR count). The molecule has 3 aromatic rings. The number of allylic oxidation sites excluding steroid dienone is 1. The fourth-order valence-electron chi connectivity index (χ4n) is 3.88. The third kappa shape index (κ3) is 6.95. The first kappa shape index (κ1) is 28.8. The van der Waals surface area contributed by atoms with Crippen LogP contribution in [-0.2, 0) is 9.53 Å². The van der Waals surface area contributed by atoms with Gasteiger partial charge in [-0.3, -0.25) is 9.79 Å². The van der Waals surface area contributed by atoms with Gasteiger partial charge in [0, 0.05) is 31.9 Å². The first-order valence-corrected chi connectivity index (χ1v) is 13.5. The Bertz CT molecular complexity index is 1330. The highest BCUT2D eigenvalue weighted by Crippen LogP contribution is 2.24. The molecule has 9 nitrogen and oxygen atoms in total. The number of hydrogen-bond acceptors (Lipinski definition) is 7. The summed E-state index contributed by atoms with van der Waals surface area (Å²) >= 11 is 1.61. The average molecular weight is 537 g/mol. The minimum Gasteiger partial charge on any atom is -0.444 e. The summed E-state index contributed by atoms with van der Waals surface area (Å²) < 4.78 is 7.22. The Labute approximate surface area is 227 Å². The Morgan fingerprint density at radius 1 is 1.32 bits per heavy atom. The van der Waals surface area contributed by atoms with Crippen LogP contribution in [0.1, 0.15) is 46.6 Å². The molecular weight excluding hydrogens is 500 g/mol. The maximum Gasteiger partial charge on any atom is 0.410 e. The highest BCUT2D eigenvalue weighted by Gasteiger charge is 2.27. The molecule has 1 N–H and O–H groups in total. The van der Waals surface area contributed by atoms with Crippen LogP contribution < -0.4 is 5.32 Å². The number of rotatable bonds is 10. The van der Waals surface area contributed by atoms with E-state index in [-0.39, 0.29) is 18.5 Å². The van der Waals surface area contributed by atoms with E-state index in [1.807, 2.05) is 64.4 Å². The molecule has 3 aromatic heterocycles. The fourth-order valence-corrected chi connectivity index (χ4v) is 4.58. The molecule has 38 heavy (non-hydrogen) atoms. The number of thiophene rings is 1. The zero-order valence-corrected chi connectivity index (χ0v) is 23.7. The Balaban J connectivity index is 1.80. The van der Waals surface area contributed by atoms with Crippen molar-refractivity contribution >= 4 is 34.7 Å². The summed E-state index contributed by atoms with van der Waals surface area (Å²) in [5, 5.41) is 9.35. The standard InChI is InChI=1S/C28H36N6O3S/c1-8-19(26(35)30-17-20(9-2)33(10-3)27(36)37-28(4,5)6)16-23(29-7)21-18-31-34-14-13-22(32-25(21)34)24-12-11-15-38-24/h8,11-16,18,20H,1,9-10,17H2,2-7H3,(H,30,35)/b19-16+,29-23?. The lowest BCUT2D eigenvalue weighted by atomic mass is 10.1. The number of amides is 2. The van der Waals surface area contributed by atoms with E-state index < -0.39 is 11.7 Å². The zero-order chi connectivity index (χ0) is 27.9. The predicted octanol–water partition coefficient (Wildman–Crippen LogP) is 5.14. The van der Waals surface area contributed by atoms with Crippen LogP contribution in [0.15, 0.2) is 65.3 Å². The van der Waals surface area contributed by atoms with Crippen LogP contribution in [0.2, 0.25) is 0 Å². The van der Waals surface area contributed by atoms with Gasteiger partial charge in [0.05, 0.1) is 34.1 Å². The van der Waals surface area contributed by atoms with E-state index in [1.165, 1.54) is 6.08 Å². The molecular formula is C28H36N6O3S. The lowest BCUT2D eigenvalue weighted by Crippen LogP contribution is -2.48. The van der Waals surface area contributed by atoms with Gasteiger partial charge in [-0.25, -0.2) is 14.3 Å². The number of aliphatic imine (C=N–C) groups is 1. The molecule has 0 saturated heterocycles. The van der Waals surface area contributed by atoms with Crippen molar-refractivity contribution in [1.82, 2.24) is 24.8 Å². The van der Waals surface area contributed by atoms with E-state index in [1.54, 1.807) is 40.1 Å². The van der Waals surface area contributed by atoms with Crippen molar-refractivity contribution in [2.75, 3.05) is 20.1 Å². The maximum absolute atomic E-state index is 13.1. The molecule has 0 aromatic carbocycles. The molecule has 2 amide bonds. The number of nitrogens with one attached hydrogen (secondary N) is 1. The number of carbonyl (C=O) groups is 2. The van der Waals surface area contributed by atoms with Gasteiger partial charge in [-0.2, -0.15) is 5.10 Å². The Hall–Kier alpha value is -3.79. The highest BCUT2D eigenvalue weighted by atomic mass is 32.1. The minimum atomic E-state index is -0.599. The zero-order valence-electron chi connectivity index (χ0n) is 22.9. The van der Waals surface area contributed by atoms with Crippen molar-refractivity contribution in [2.45, 2.75) is 52.7 Å². The van der Waals surface area contributed by atoms with Crippen LogP contribution in [-0.4, -0.2) is 69.0 Å². The van der Waals surface area contributed by atoms with E-state index in [4.69, 9.17) is 9.72 Å². The smallest absolute Gasteiger partial charge is 0.410 e. The molecule has 0 aliphatic carbocycles. The summed E-state index contributed by atoms with van der Waals surface area (Å²) in [7, 11) is 1.66. The number of likely N-dealkylation sites (N-methyl/N-ethyl adjacent to an activating group) is 1. The quantitative estimate of drug-likeness (QED) is 0.220. The number of hydrogen-bond donors (Lipinski definition) is 1. The molecule has 3 heterocycles. The second kappa shape index (κ2) is 12.6. The molecule has 0 spiro atoms. The summed E-state index contributed by atoms with van der Waals surface area (Å²) in [5.41, 5.74) is 2.47. The molecule has 202 valence electrons. The number of fused-ring (bicyclic) bond motifs is 1. The second-order valence-electron chi connectivity index (χ2n) is 9.57. The Morgan fingerprint density at radius 2 is 2.08 bits per heavy atom. The summed E-state index contributed by atoms with van der Waals surface area (Å²) in [6.07, 6.45) is 6.96. The van der Waals surface area contributed by atoms with Gasteiger partial charge >= 0.3 is 6.09 Å². The van der Waals surface area contributed by atoms with Crippen LogP contribution in [0, 0.1) is 0 Å². The van der Waals surface area contributed by atoms with Crippen molar-refractivity contribution in [2.24, 2.45) is 4.99 Å². The van der Waals surface area contributed by atoms with Gasteiger partial charge in [0.1, 0.15) is 5.60 Å². The molecule has 0 radical (unpaired) electrons. The van der Waals surface area contributed by atoms with Gasteiger partial charge in [0.15, 0.2) is 5.65 Å². The van der Waals surface area contributed by atoms with Gasteiger partial charge in [-0.05, 0) is 57.7 Å². The van der Waals surface area contributed by atoms with Crippen LogP contribution in [0.25, 0.3) is 16.2 Å². The molecule has 0 saturated carbocycles. The number of carbonyl (C=O) groups excluding carboxylic acids is 2. The Kier molecular flexibility index (Phi) is 9.57. The molecule has 0 aliphatic heterocycles. The minimum absolute atomic E-state index is 0.219. The third-order valence-corrected chi connectivity index (χ3v) is 6.71. The first-order valence-electron chi connectivity index (χ1n) is 12.6. The van der Waals surface area contributed by atoms with Crippen molar-refractivity contribution < 1.29 is 14.3 Å². The van der Waals surface area contributed by atoms with Crippen LogP contribution in [0.4, 0.5) is 4.79 Å². The predicted molar refractivity (Wildman–Crippen MR) is 153 cm³/mol. The maximum atomic E-state index is 13.1. The molecule has 0 bridgehead atoms. The lowest BCUT2D eigenvalue weighted by molar-refractivity contribution is -0.117. The van der Waals surface area contributed by atoms with E-state index in [0.29, 0.717) is 35.5 Å². The SMILES string of the molecule is C=C/C(=C\C(=NC)c1cnn2ccc(-c3cccs3)nc12)C(=O)NCC(CC)N(CC)C(=O)OC(C)(C)C. The van der Waals surface area contributed by atoms with Gasteiger partial charge in [-0.1, -0.05) is 25.6 Å². The average Bonchev–Trinajstić information content (AvgIpc) is 3.56. The van der Waals surface area contributed by atoms with Crippen molar-refractivity contribution in [3.8, 4) is 10.6 Å². The molecule has 10 heteroatoms. The van der Waals surface area contributed by atoms with Gasteiger partial charge < -0.3 is 15.0 Å². The summed E-state index contributed by atoms with van der Waals surface area (Å²) in [4.78, 5) is 37.7. The molecule has 1 atom stereocenters. The lowest BCUT2D eigenvalue weighted by Gasteiger charge is -2.32. The topological polar surface area (TPSA) is 101 Å². The van der Waals surface area contributed by atoms with Gasteiger partial charge in [-0.15, -0.1) is 11.3 Å². The number of ether oxygens (including phenoxy) is 1. The van der Waals surface area contributed by atoms with Crippen molar-refractivity contribution in [3.63, 3.8) is 0 Å². The van der Waals surface area contributed by atoms with Gasteiger partial charge in [0.2, 0.25) is 0 Å². The van der Waals surface area contributed by atoms with E-state index >= 15 is 0 Å². The van der Waals surface area contributed by atoms with Crippen molar-refractivity contribution in [1.29, 1.82) is 0 Å².